The van der Waals surface area contributed by atoms with Gasteiger partial charge in [0.1, 0.15) is 5.37 Å². The largest absolute Gasteiger partial charge is 0.357 e. The smallest absolute Gasteiger partial charge is 0.225 e. The maximum Gasteiger partial charge on any atom is 0.225 e. The number of imidazole rings is 1. The predicted molar refractivity (Wildman–Crippen MR) is 99.7 cm³/mol. The highest BCUT2D eigenvalue weighted by atomic mass is 32.2. The fourth-order valence-corrected chi connectivity index (χ4v) is 4.53. The van der Waals surface area contributed by atoms with Gasteiger partial charge in [0.25, 0.3) is 0 Å². The number of hydrogen-bond donors (Lipinski definition) is 4. The molecule has 0 fully saturated rings. The van der Waals surface area contributed by atoms with Gasteiger partial charge in [0, 0.05) is 17.5 Å². The van der Waals surface area contributed by atoms with E-state index in [0.29, 0.717) is 11.2 Å². The topological polar surface area (TPSA) is 75.9 Å². The minimum Gasteiger partial charge on any atom is -0.357 e. The highest BCUT2D eigenvalue weighted by Gasteiger charge is 2.30. The maximum absolute atomic E-state index is 10.5. The van der Waals surface area contributed by atoms with Crippen molar-refractivity contribution in [2.24, 2.45) is 0 Å². The van der Waals surface area contributed by atoms with E-state index in [1.54, 1.807) is 0 Å². The fraction of sp³-hybridized carbons (Fsp3) is 0.125. The first kappa shape index (κ1) is 15.1. The van der Waals surface area contributed by atoms with Gasteiger partial charge >= 0.3 is 0 Å². The number of aromatic nitrogens is 2. The molecule has 6 nitrogen and oxygen atoms in total. The summed E-state index contributed by atoms with van der Waals surface area (Å²) < 4.78 is 0.551. The number of hydrazine groups is 1. The summed E-state index contributed by atoms with van der Waals surface area (Å²) in [5.41, 5.74) is 10.2. The lowest BCUT2D eigenvalue weighted by molar-refractivity contribution is -0.109. The molecule has 2 aromatic carbocycles. The maximum atomic E-state index is 10.5. The van der Waals surface area contributed by atoms with E-state index in [4.69, 9.17) is 12.2 Å². The number of nitrogens with zero attached hydrogens (tertiary/aromatic N) is 1. The molecule has 0 spiro atoms. The molecule has 2 heterocycles. The van der Waals surface area contributed by atoms with Crippen LogP contribution in [-0.4, -0.2) is 23.4 Å². The van der Waals surface area contributed by atoms with Crippen molar-refractivity contribution in [1.29, 1.82) is 0 Å². The van der Waals surface area contributed by atoms with Crippen molar-refractivity contribution < 1.29 is 4.79 Å². The Morgan fingerprint density at radius 1 is 1.21 bits per heavy atom. The van der Waals surface area contributed by atoms with Crippen LogP contribution < -0.4 is 15.8 Å². The molecule has 1 aliphatic heterocycles. The minimum atomic E-state index is 0.152. The number of anilines is 2. The summed E-state index contributed by atoms with van der Waals surface area (Å²) in [7, 11) is 2.09. The molecule has 0 aliphatic carbocycles. The summed E-state index contributed by atoms with van der Waals surface area (Å²) >= 11 is 7.08. The molecule has 0 saturated heterocycles. The van der Waals surface area contributed by atoms with Crippen LogP contribution in [0.25, 0.3) is 11.0 Å². The first-order valence-corrected chi connectivity index (χ1v) is 8.66. The van der Waals surface area contributed by atoms with Crippen molar-refractivity contribution in [2.75, 3.05) is 17.4 Å². The summed E-state index contributed by atoms with van der Waals surface area (Å²) in [5, 5.41) is 0.152. The summed E-state index contributed by atoms with van der Waals surface area (Å²) in [5.74, 6) is 0. The molecular weight excluding hydrogens is 342 g/mol. The van der Waals surface area contributed by atoms with Gasteiger partial charge in [-0.05, 0) is 30.4 Å². The Morgan fingerprint density at radius 2 is 2.00 bits per heavy atom. The summed E-state index contributed by atoms with van der Waals surface area (Å²) in [4.78, 5) is 20.4. The van der Waals surface area contributed by atoms with E-state index in [1.165, 1.54) is 10.6 Å². The Balaban J connectivity index is 1.81. The molecule has 4 N–H and O–H groups in total. The van der Waals surface area contributed by atoms with Crippen LogP contribution >= 0.6 is 24.0 Å². The number of H-pyrrole nitrogens is 2. The SMILES string of the molecule is CN1c2ccccc2SC1c1ccc(NNC=O)c2[nH]c(=S)[nH]c12. The van der Waals surface area contributed by atoms with E-state index in [9.17, 15) is 4.79 Å². The van der Waals surface area contributed by atoms with Crippen molar-refractivity contribution in [2.45, 2.75) is 10.3 Å². The van der Waals surface area contributed by atoms with Crippen LogP contribution in [0.2, 0.25) is 0 Å². The number of amides is 1. The van der Waals surface area contributed by atoms with E-state index >= 15 is 0 Å². The van der Waals surface area contributed by atoms with Crippen LogP contribution in [-0.2, 0) is 4.79 Å². The van der Waals surface area contributed by atoms with Gasteiger partial charge in [-0.25, -0.2) is 0 Å². The summed E-state index contributed by atoms with van der Waals surface area (Å²) in [6, 6.07) is 12.4. The summed E-state index contributed by atoms with van der Waals surface area (Å²) in [6.45, 7) is 0. The molecule has 24 heavy (non-hydrogen) atoms. The molecule has 0 bridgehead atoms. The Bertz CT molecular complexity index is 980. The molecule has 1 aliphatic rings. The number of thioether (sulfide) groups is 1. The molecule has 1 atom stereocenters. The number of nitrogens with one attached hydrogen (secondary N) is 4. The quantitative estimate of drug-likeness (QED) is 0.326. The number of carbonyl (C=O) groups is 1. The number of carbonyl (C=O) groups excluding carboxylic acids is 1. The number of benzene rings is 2. The first-order valence-electron chi connectivity index (χ1n) is 7.37. The zero-order valence-electron chi connectivity index (χ0n) is 12.8. The Hall–Kier alpha value is -2.45. The molecule has 1 amide bonds. The molecule has 4 rings (SSSR count). The van der Waals surface area contributed by atoms with Gasteiger partial charge in [-0.15, -0.1) is 0 Å². The molecule has 1 aromatic heterocycles. The van der Waals surface area contributed by atoms with Gasteiger partial charge in [0.05, 0.1) is 22.4 Å². The normalized spacial score (nSPS) is 16.2. The molecule has 3 aromatic rings. The highest BCUT2D eigenvalue weighted by Crippen LogP contribution is 2.51. The second-order valence-corrected chi connectivity index (χ2v) is 7.00. The van der Waals surface area contributed by atoms with Gasteiger partial charge in [0.2, 0.25) is 6.41 Å². The average molecular weight is 357 g/mol. The van der Waals surface area contributed by atoms with Crippen molar-refractivity contribution in [1.82, 2.24) is 15.4 Å². The fourth-order valence-electron chi connectivity index (χ4n) is 3.00. The van der Waals surface area contributed by atoms with Crippen LogP contribution in [0.1, 0.15) is 10.9 Å². The molecule has 1 unspecified atom stereocenters. The highest BCUT2D eigenvalue weighted by molar-refractivity contribution is 8.00. The Labute approximate surface area is 147 Å². The lowest BCUT2D eigenvalue weighted by Crippen LogP contribution is -2.20. The molecule has 8 heteroatoms. The van der Waals surface area contributed by atoms with E-state index in [-0.39, 0.29) is 5.37 Å². The molecule has 122 valence electrons. The average Bonchev–Trinajstić information content (AvgIpc) is 3.13. The van der Waals surface area contributed by atoms with Gasteiger partial charge in [-0.1, -0.05) is 30.0 Å². The lowest BCUT2D eigenvalue weighted by atomic mass is 10.1. The lowest BCUT2D eigenvalue weighted by Gasteiger charge is -2.22. The third-order valence-electron chi connectivity index (χ3n) is 4.08. The first-order chi connectivity index (χ1) is 11.7. The van der Waals surface area contributed by atoms with Crippen molar-refractivity contribution in [3.8, 4) is 0 Å². The Kier molecular flexibility index (Phi) is 3.70. The second kappa shape index (κ2) is 5.88. The zero-order chi connectivity index (χ0) is 16.7. The van der Waals surface area contributed by atoms with Crippen LogP contribution in [0.4, 0.5) is 11.4 Å². The number of rotatable bonds is 4. The van der Waals surface area contributed by atoms with Crippen molar-refractivity contribution in [3.05, 3.63) is 46.7 Å². The zero-order valence-corrected chi connectivity index (χ0v) is 14.4. The van der Waals surface area contributed by atoms with Gasteiger partial charge in [-0.2, -0.15) is 0 Å². The van der Waals surface area contributed by atoms with Crippen LogP contribution in [0.15, 0.2) is 41.3 Å². The molecule has 0 saturated carbocycles. The van der Waals surface area contributed by atoms with Crippen molar-refractivity contribution >= 4 is 52.8 Å². The number of fused-ring (bicyclic) bond motifs is 2. The van der Waals surface area contributed by atoms with Gasteiger partial charge in [0.15, 0.2) is 4.77 Å². The number of hydrogen-bond acceptors (Lipinski definition) is 5. The minimum absolute atomic E-state index is 0.152. The van der Waals surface area contributed by atoms with E-state index in [0.717, 1.165) is 22.3 Å². The van der Waals surface area contributed by atoms with E-state index in [2.05, 4.69) is 63.1 Å². The monoisotopic (exact) mass is 357 g/mol. The third-order valence-corrected chi connectivity index (χ3v) is 5.68. The predicted octanol–water partition coefficient (Wildman–Crippen LogP) is 3.54. The summed E-state index contributed by atoms with van der Waals surface area (Å²) in [6.07, 6.45) is 0.595. The van der Waals surface area contributed by atoms with Crippen LogP contribution in [0, 0.1) is 4.77 Å². The van der Waals surface area contributed by atoms with E-state index in [1.807, 2.05) is 17.8 Å². The number of aromatic amines is 2. The van der Waals surface area contributed by atoms with Gasteiger partial charge < -0.3 is 14.9 Å². The van der Waals surface area contributed by atoms with Gasteiger partial charge in [-0.3, -0.25) is 15.6 Å². The van der Waals surface area contributed by atoms with Crippen molar-refractivity contribution in [3.63, 3.8) is 0 Å². The molecule has 0 radical (unpaired) electrons. The number of para-hydroxylation sites is 1. The van der Waals surface area contributed by atoms with Crippen LogP contribution in [0.3, 0.4) is 0 Å². The van der Waals surface area contributed by atoms with Crippen LogP contribution in [0.5, 0.6) is 0 Å². The van der Waals surface area contributed by atoms with E-state index < -0.39 is 0 Å². The second-order valence-electron chi connectivity index (χ2n) is 5.47. The standard InChI is InChI=1S/C16H15N5OS2/c1-21-11-4-2-3-5-12(11)24-15(21)9-6-7-10(20-17-8-22)14-13(9)18-16(23)19-14/h2-8,15,20H,1H3,(H,17,22)(H2,18,19,23). The Morgan fingerprint density at radius 3 is 2.79 bits per heavy atom. The third kappa shape index (κ3) is 2.35. The molecular formula is C16H15N5OS2.